The number of anilines is 2. The molecule has 180 valence electrons. The van der Waals surface area contributed by atoms with Gasteiger partial charge in [-0.3, -0.25) is 14.4 Å². The summed E-state index contributed by atoms with van der Waals surface area (Å²) in [4.78, 5) is 50.3. The standard InChI is InChI=1S/C24H26N2O8/c1-4-33-23(29)15-5-7-17(8-6-15)25-21(27)14-34-24(30)16-11-22(28)26(13-16)19-12-18(31-2)9-10-20(19)32-3/h5-10,12,16H,4,11,13-14H2,1-3H3,(H,25,27)/t16-/m0/s1. The summed E-state index contributed by atoms with van der Waals surface area (Å²) in [5.41, 5.74) is 1.28. The summed E-state index contributed by atoms with van der Waals surface area (Å²) in [5.74, 6) is -1.63. The van der Waals surface area contributed by atoms with E-state index in [0.29, 0.717) is 28.4 Å². The Balaban J connectivity index is 1.54. The number of carbonyl (C=O) groups is 4. The molecule has 2 aromatic rings. The lowest BCUT2D eigenvalue weighted by atomic mass is 10.1. The monoisotopic (exact) mass is 470 g/mol. The van der Waals surface area contributed by atoms with Gasteiger partial charge in [0.1, 0.15) is 11.5 Å². The second kappa shape index (κ2) is 11.2. The van der Waals surface area contributed by atoms with Crippen molar-refractivity contribution in [1.82, 2.24) is 0 Å². The van der Waals surface area contributed by atoms with Crippen LogP contribution in [0.15, 0.2) is 42.5 Å². The molecule has 1 heterocycles. The van der Waals surface area contributed by atoms with E-state index in [1.54, 1.807) is 37.3 Å². The van der Waals surface area contributed by atoms with E-state index in [1.165, 1.54) is 31.3 Å². The molecule has 0 aromatic heterocycles. The number of nitrogens with one attached hydrogen (secondary N) is 1. The van der Waals surface area contributed by atoms with Crippen molar-refractivity contribution >= 4 is 35.1 Å². The van der Waals surface area contributed by atoms with Crippen molar-refractivity contribution in [2.45, 2.75) is 13.3 Å². The average Bonchev–Trinajstić information content (AvgIpc) is 3.24. The Kier molecular flexibility index (Phi) is 8.07. The topological polar surface area (TPSA) is 120 Å². The van der Waals surface area contributed by atoms with Crippen LogP contribution in [0.3, 0.4) is 0 Å². The summed E-state index contributed by atoms with van der Waals surface area (Å²) in [6, 6.07) is 11.2. The van der Waals surface area contributed by atoms with Crippen LogP contribution in [-0.4, -0.2) is 57.7 Å². The summed E-state index contributed by atoms with van der Waals surface area (Å²) in [5, 5.41) is 2.58. The molecule has 0 radical (unpaired) electrons. The number of benzene rings is 2. The zero-order valence-electron chi connectivity index (χ0n) is 19.2. The molecule has 1 N–H and O–H groups in total. The van der Waals surface area contributed by atoms with Gasteiger partial charge in [0.25, 0.3) is 5.91 Å². The second-order valence-electron chi connectivity index (χ2n) is 7.40. The van der Waals surface area contributed by atoms with E-state index < -0.39 is 30.4 Å². The van der Waals surface area contributed by atoms with Crippen molar-refractivity contribution < 1.29 is 38.1 Å². The van der Waals surface area contributed by atoms with Crippen molar-refractivity contribution in [3.05, 3.63) is 48.0 Å². The van der Waals surface area contributed by atoms with Gasteiger partial charge in [0.05, 0.1) is 38.0 Å². The zero-order valence-corrected chi connectivity index (χ0v) is 19.2. The highest BCUT2D eigenvalue weighted by Crippen LogP contribution is 2.36. The fourth-order valence-electron chi connectivity index (χ4n) is 3.46. The van der Waals surface area contributed by atoms with Crippen molar-refractivity contribution in [3.63, 3.8) is 0 Å². The Labute approximate surface area is 196 Å². The average molecular weight is 470 g/mol. The van der Waals surface area contributed by atoms with E-state index in [1.807, 2.05) is 0 Å². The first kappa shape index (κ1) is 24.6. The van der Waals surface area contributed by atoms with Crippen LogP contribution in [0.25, 0.3) is 0 Å². The normalized spacial score (nSPS) is 15.0. The zero-order chi connectivity index (χ0) is 24.7. The van der Waals surface area contributed by atoms with Crippen molar-refractivity contribution in [1.29, 1.82) is 0 Å². The van der Waals surface area contributed by atoms with E-state index in [4.69, 9.17) is 18.9 Å². The van der Waals surface area contributed by atoms with Crippen molar-refractivity contribution in [2.75, 3.05) is 44.2 Å². The number of ether oxygens (including phenoxy) is 4. The fourth-order valence-corrected chi connectivity index (χ4v) is 3.46. The molecular formula is C24H26N2O8. The van der Waals surface area contributed by atoms with Gasteiger partial charge in [0, 0.05) is 24.7 Å². The number of amides is 2. The van der Waals surface area contributed by atoms with Gasteiger partial charge in [0.2, 0.25) is 5.91 Å². The quantitative estimate of drug-likeness (QED) is 0.555. The molecule has 10 heteroatoms. The van der Waals surface area contributed by atoms with Gasteiger partial charge in [-0.25, -0.2) is 4.79 Å². The van der Waals surface area contributed by atoms with Gasteiger partial charge in [-0.15, -0.1) is 0 Å². The minimum atomic E-state index is -0.722. The summed E-state index contributed by atoms with van der Waals surface area (Å²) < 4.78 is 20.6. The molecule has 3 rings (SSSR count). The molecule has 34 heavy (non-hydrogen) atoms. The number of rotatable bonds is 9. The fraction of sp³-hybridized carbons (Fsp3) is 0.333. The predicted octanol–water partition coefficient (Wildman–Crippen LogP) is 2.42. The minimum absolute atomic E-state index is 0.0455. The number of hydrogen-bond donors (Lipinski definition) is 1. The SMILES string of the molecule is CCOC(=O)c1ccc(NC(=O)COC(=O)[C@H]2CC(=O)N(c3cc(OC)ccc3OC)C2)cc1. The van der Waals surface area contributed by atoms with Crippen molar-refractivity contribution in [3.8, 4) is 11.5 Å². The van der Waals surface area contributed by atoms with Crippen LogP contribution < -0.4 is 19.7 Å². The van der Waals surface area contributed by atoms with Crippen LogP contribution >= 0.6 is 0 Å². The maximum Gasteiger partial charge on any atom is 0.338 e. The van der Waals surface area contributed by atoms with Gasteiger partial charge in [-0.05, 0) is 43.3 Å². The first-order valence-corrected chi connectivity index (χ1v) is 10.6. The van der Waals surface area contributed by atoms with Crippen LogP contribution in [0.2, 0.25) is 0 Å². The first-order valence-electron chi connectivity index (χ1n) is 10.6. The highest BCUT2D eigenvalue weighted by molar-refractivity contribution is 6.01. The molecule has 10 nitrogen and oxygen atoms in total. The number of carbonyl (C=O) groups excluding carboxylic acids is 4. The predicted molar refractivity (Wildman–Crippen MR) is 122 cm³/mol. The maximum atomic E-state index is 12.6. The Bertz CT molecular complexity index is 1070. The Morgan fingerprint density at radius 3 is 2.41 bits per heavy atom. The molecule has 1 fully saturated rings. The van der Waals surface area contributed by atoms with Crippen LogP contribution in [0.4, 0.5) is 11.4 Å². The number of methoxy groups -OCH3 is 2. The lowest BCUT2D eigenvalue weighted by molar-refractivity contribution is -0.151. The van der Waals surface area contributed by atoms with E-state index in [-0.39, 0.29) is 25.5 Å². The minimum Gasteiger partial charge on any atom is -0.497 e. The molecule has 0 spiro atoms. The summed E-state index contributed by atoms with van der Waals surface area (Å²) in [6.07, 6.45) is -0.0455. The summed E-state index contributed by atoms with van der Waals surface area (Å²) in [6.45, 7) is 1.56. The van der Waals surface area contributed by atoms with Gasteiger partial charge in [-0.1, -0.05) is 0 Å². The lowest BCUT2D eigenvalue weighted by Gasteiger charge is -2.20. The Morgan fingerprint density at radius 2 is 1.76 bits per heavy atom. The lowest BCUT2D eigenvalue weighted by Crippen LogP contribution is -2.28. The largest absolute Gasteiger partial charge is 0.497 e. The van der Waals surface area contributed by atoms with E-state index >= 15 is 0 Å². The van der Waals surface area contributed by atoms with E-state index in [9.17, 15) is 19.2 Å². The van der Waals surface area contributed by atoms with E-state index in [2.05, 4.69) is 5.32 Å². The van der Waals surface area contributed by atoms with Gasteiger partial charge in [-0.2, -0.15) is 0 Å². The van der Waals surface area contributed by atoms with Crippen LogP contribution in [0.5, 0.6) is 11.5 Å². The second-order valence-corrected chi connectivity index (χ2v) is 7.40. The Morgan fingerprint density at radius 1 is 1.03 bits per heavy atom. The number of hydrogen-bond acceptors (Lipinski definition) is 8. The molecule has 2 amide bonds. The molecule has 0 aliphatic carbocycles. The molecule has 2 aromatic carbocycles. The maximum absolute atomic E-state index is 12.6. The molecule has 1 saturated heterocycles. The van der Waals surface area contributed by atoms with Gasteiger partial charge < -0.3 is 29.2 Å². The molecule has 1 aliphatic heterocycles. The van der Waals surface area contributed by atoms with Crippen molar-refractivity contribution in [2.24, 2.45) is 5.92 Å². The molecule has 1 atom stereocenters. The Hall–Kier alpha value is -4.08. The number of nitrogens with zero attached hydrogens (tertiary/aromatic N) is 1. The molecule has 0 saturated carbocycles. The highest BCUT2D eigenvalue weighted by atomic mass is 16.5. The third-order valence-corrected chi connectivity index (χ3v) is 5.16. The highest BCUT2D eigenvalue weighted by Gasteiger charge is 2.37. The number of esters is 2. The molecular weight excluding hydrogens is 444 g/mol. The summed E-state index contributed by atoms with van der Waals surface area (Å²) >= 11 is 0. The van der Waals surface area contributed by atoms with Crippen LogP contribution in [0.1, 0.15) is 23.7 Å². The molecule has 0 bridgehead atoms. The van der Waals surface area contributed by atoms with Crippen LogP contribution in [0, 0.1) is 5.92 Å². The summed E-state index contributed by atoms with van der Waals surface area (Å²) in [7, 11) is 3.00. The first-order chi connectivity index (χ1) is 16.4. The van der Waals surface area contributed by atoms with Gasteiger partial charge in [0.15, 0.2) is 6.61 Å². The smallest absolute Gasteiger partial charge is 0.338 e. The molecule has 0 unspecified atom stereocenters. The van der Waals surface area contributed by atoms with Crippen LogP contribution in [-0.2, 0) is 23.9 Å². The van der Waals surface area contributed by atoms with E-state index in [0.717, 1.165) is 0 Å². The van der Waals surface area contributed by atoms with Gasteiger partial charge >= 0.3 is 11.9 Å². The third-order valence-electron chi connectivity index (χ3n) is 5.16. The third kappa shape index (κ3) is 5.83. The molecule has 1 aliphatic rings.